The Bertz CT molecular complexity index is 122. The minimum absolute atomic E-state index is 0.0508. The predicted octanol–water partition coefficient (Wildman–Crippen LogP) is 1.60. The SMILES string of the molecule is CCC(C)(N)CCC[N+](C)(C)C. The molecule has 2 nitrogen and oxygen atoms in total. The van der Waals surface area contributed by atoms with Crippen molar-refractivity contribution in [2.24, 2.45) is 5.73 Å². The standard InChI is InChI=1S/C10H25N2/c1-6-10(2,11)8-7-9-12(3,4)5/h6-9,11H2,1-5H3/q+1. The first-order valence-corrected chi connectivity index (χ1v) is 4.86. The topological polar surface area (TPSA) is 26.0 Å². The molecule has 0 aromatic heterocycles. The summed E-state index contributed by atoms with van der Waals surface area (Å²) >= 11 is 0. The number of nitrogens with two attached hydrogens (primary N) is 1. The molecule has 0 heterocycles. The fourth-order valence-electron chi connectivity index (χ4n) is 1.13. The molecule has 1 atom stereocenters. The lowest BCUT2D eigenvalue weighted by Crippen LogP contribution is -2.39. The van der Waals surface area contributed by atoms with Crippen LogP contribution in [0.4, 0.5) is 0 Å². The van der Waals surface area contributed by atoms with Gasteiger partial charge in [-0.2, -0.15) is 0 Å². The van der Waals surface area contributed by atoms with Crippen LogP contribution >= 0.6 is 0 Å². The van der Waals surface area contributed by atoms with Crippen LogP contribution < -0.4 is 5.73 Å². The van der Waals surface area contributed by atoms with Crippen molar-refractivity contribution in [2.75, 3.05) is 27.7 Å². The van der Waals surface area contributed by atoms with E-state index < -0.39 is 0 Å². The third-order valence-electron chi connectivity index (χ3n) is 2.38. The summed E-state index contributed by atoms with van der Waals surface area (Å²) in [6.45, 7) is 5.52. The molecule has 0 aliphatic rings. The molecule has 0 aromatic rings. The fourth-order valence-corrected chi connectivity index (χ4v) is 1.13. The minimum atomic E-state index is 0.0508. The molecule has 2 heteroatoms. The van der Waals surface area contributed by atoms with E-state index in [1.165, 1.54) is 13.0 Å². The molecule has 0 saturated carbocycles. The van der Waals surface area contributed by atoms with E-state index >= 15 is 0 Å². The second kappa shape index (κ2) is 4.24. The van der Waals surface area contributed by atoms with Crippen LogP contribution in [0.3, 0.4) is 0 Å². The van der Waals surface area contributed by atoms with E-state index in [4.69, 9.17) is 5.73 Å². The Balaban J connectivity index is 3.57. The van der Waals surface area contributed by atoms with Gasteiger partial charge in [-0.05, 0) is 26.2 Å². The molecule has 12 heavy (non-hydrogen) atoms. The van der Waals surface area contributed by atoms with E-state index in [0.29, 0.717) is 0 Å². The second-order valence-corrected chi connectivity index (χ2v) is 5.13. The van der Waals surface area contributed by atoms with Gasteiger partial charge in [0.1, 0.15) is 0 Å². The molecule has 1 unspecified atom stereocenters. The number of nitrogens with zero attached hydrogens (tertiary/aromatic N) is 1. The highest BCUT2D eigenvalue weighted by Gasteiger charge is 2.16. The minimum Gasteiger partial charge on any atom is -0.331 e. The molecule has 0 aliphatic carbocycles. The van der Waals surface area contributed by atoms with Gasteiger partial charge in [0.05, 0.1) is 27.7 Å². The Morgan fingerprint density at radius 1 is 1.25 bits per heavy atom. The van der Waals surface area contributed by atoms with Crippen LogP contribution in [-0.4, -0.2) is 37.7 Å². The van der Waals surface area contributed by atoms with Crippen LogP contribution in [0.1, 0.15) is 33.1 Å². The summed E-state index contributed by atoms with van der Waals surface area (Å²) in [4.78, 5) is 0. The molecule has 2 N–H and O–H groups in total. The van der Waals surface area contributed by atoms with E-state index in [2.05, 4.69) is 35.0 Å². The van der Waals surface area contributed by atoms with Gasteiger partial charge < -0.3 is 10.2 Å². The van der Waals surface area contributed by atoms with Gasteiger partial charge in [0.25, 0.3) is 0 Å². The Morgan fingerprint density at radius 2 is 1.75 bits per heavy atom. The zero-order chi connectivity index (χ0) is 9.83. The average Bonchev–Trinajstić information content (AvgIpc) is 1.84. The first-order chi connectivity index (χ1) is 5.27. The average molecular weight is 173 g/mol. The molecule has 0 aromatic carbocycles. The van der Waals surface area contributed by atoms with Crippen LogP contribution in [-0.2, 0) is 0 Å². The predicted molar refractivity (Wildman–Crippen MR) is 55.0 cm³/mol. The highest BCUT2D eigenvalue weighted by Crippen LogP contribution is 2.13. The van der Waals surface area contributed by atoms with Gasteiger partial charge in [-0.3, -0.25) is 0 Å². The van der Waals surface area contributed by atoms with E-state index in [9.17, 15) is 0 Å². The van der Waals surface area contributed by atoms with Crippen LogP contribution in [0, 0.1) is 0 Å². The summed E-state index contributed by atoms with van der Waals surface area (Å²) in [7, 11) is 6.67. The lowest BCUT2D eigenvalue weighted by Gasteiger charge is -2.27. The van der Waals surface area contributed by atoms with Gasteiger partial charge in [-0.15, -0.1) is 0 Å². The lowest BCUT2D eigenvalue weighted by molar-refractivity contribution is -0.870. The summed E-state index contributed by atoms with van der Waals surface area (Å²) < 4.78 is 1.04. The summed E-state index contributed by atoms with van der Waals surface area (Å²) in [5.74, 6) is 0. The monoisotopic (exact) mass is 173 g/mol. The van der Waals surface area contributed by atoms with E-state index in [1.807, 2.05) is 0 Å². The summed E-state index contributed by atoms with van der Waals surface area (Å²) in [5, 5.41) is 0. The number of hydrogen-bond donors (Lipinski definition) is 1. The molecule has 0 rings (SSSR count). The van der Waals surface area contributed by atoms with Crippen LogP contribution in [0.25, 0.3) is 0 Å². The number of rotatable bonds is 5. The van der Waals surface area contributed by atoms with Crippen LogP contribution in [0.2, 0.25) is 0 Å². The molecular formula is C10H25N2+. The smallest absolute Gasteiger partial charge is 0.0781 e. The second-order valence-electron chi connectivity index (χ2n) is 5.13. The van der Waals surface area contributed by atoms with Gasteiger partial charge in [0, 0.05) is 5.54 Å². The molecule has 0 saturated heterocycles. The van der Waals surface area contributed by atoms with Crippen molar-refractivity contribution >= 4 is 0 Å². The maximum atomic E-state index is 6.04. The Morgan fingerprint density at radius 3 is 2.08 bits per heavy atom. The highest BCUT2D eigenvalue weighted by atomic mass is 15.3. The van der Waals surface area contributed by atoms with E-state index in [0.717, 1.165) is 17.3 Å². The maximum Gasteiger partial charge on any atom is 0.0781 e. The zero-order valence-corrected chi connectivity index (χ0v) is 9.35. The molecule has 0 bridgehead atoms. The number of quaternary nitrogens is 1. The molecule has 0 aliphatic heterocycles. The third kappa shape index (κ3) is 6.62. The lowest BCUT2D eigenvalue weighted by atomic mass is 9.94. The van der Waals surface area contributed by atoms with Crippen molar-refractivity contribution in [1.82, 2.24) is 0 Å². The molecule has 74 valence electrons. The molecule has 0 spiro atoms. The van der Waals surface area contributed by atoms with Crippen LogP contribution in [0.5, 0.6) is 0 Å². The van der Waals surface area contributed by atoms with Crippen molar-refractivity contribution in [3.63, 3.8) is 0 Å². The Hall–Kier alpha value is -0.0800. The van der Waals surface area contributed by atoms with Gasteiger partial charge in [0.15, 0.2) is 0 Å². The molecule has 0 fully saturated rings. The van der Waals surface area contributed by atoms with Crippen LogP contribution in [0.15, 0.2) is 0 Å². The first kappa shape index (κ1) is 11.9. The largest absolute Gasteiger partial charge is 0.331 e. The maximum absolute atomic E-state index is 6.04. The summed E-state index contributed by atoms with van der Waals surface area (Å²) in [5.41, 5.74) is 6.09. The molecule has 0 amide bonds. The van der Waals surface area contributed by atoms with Gasteiger partial charge in [-0.1, -0.05) is 6.92 Å². The Labute approximate surface area is 77.3 Å². The molecule has 0 radical (unpaired) electrons. The summed E-state index contributed by atoms with van der Waals surface area (Å²) in [6, 6.07) is 0. The molecular weight excluding hydrogens is 148 g/mol. The Kier molecular flexibility index (Phi) is 4.21. The quantitative estimate of drug-likeness (QED) is 0.628. The van der Waals surface area contributed by atoms with Gasteiger partial charge in [-0.25, -0.2) is 0 Å². The van der Waals surface area contributed by atoms with E-state index in [1.54, 1.807) is 0 Å². The third-order valence-corrected chi connectivity index (χ3v) is 2.38. The fraction of sp³-hybridized carbons (Fsp3) is 1.00. The first-order valence-electron chi connectivity index (χ1n) is 4.86. The summed E-state index contributed by atoms with van der Waals surface area (Å²) in [6.07, 6.45) is 3.44. The zero-order valence-electron chi connectivity index (χ0n) is 9.35. The highest BCUT2D eigenvalue weighted by molar-refractivity contribution is 4.75. The van der Waals surface area contributed by atoms with Gasteiger partial charge >= 0.3 is 0 Å². The number of hydrogen-bond acceptors (Lipinski definition) is 1. The normalized spacial score (nSPS) is 17.5. The van der Waals surface area contributed by atoms with Crippen molar-refractivity contribution < 1.29 is 4.48 Å². The van der Waals surface area contributed by atoms with Crippen molar-refractivity contribution in [2.45, 2.75) is 38.6 Å². The van der Waals surface area contributed by atoms with Crippen molar-refractivity contribution in [3.8, 4) is 0 Å². The van der Waals surface area contributed by atoms with E-state index in [-0.39, 0.29) is 5.54 Å². The van der Waals surface area contributed by atoms with Crippen molar-refractivity contribution in [1.29, 1.82) is 0 Å². The van der Waals surface area contributed by atoms with Crippen molar-refractivity contribution in [3.05, 3.63) is 0 Å². The van der Waals surface area contributed by atoms with Gasteiger partial charge in [0.2, 0.25) is 0 Å².